The Morgan fingerprint density at radius 2 is 1.71 bits per heavy atom. The zero-order valence-electron chi connectivity index (χ0n) is 13.0. The lowest BCUT2D eigenvalue weighted by Crippen LogP contribution is -2.20. The van der Waals surface area contributed by atoms with E-state index in [9.17, 15) is 13.2 Å². The normalized spacial score (nSPS) is 12.2. The molecule has 0 unspecified atom stereocenters. The summed E-state index contributed by atoms with van der Waals surface area (Å²) in [7, 11) is 1.43. The minimum absolute atomic E-state index is 0. The van der Waals surface area contributed by atoms with Crippen LogP contribution in [0, 0.1) is 0 Å². The Hall–Kier alpha value is -1.92. The average molecular weight is 362 g/mol. The Balaban J connectivity index is 0.00000288. The molecule has 2 rings (SSSR count). The van der Waals surface area contributed by atoms with Gasteiger partial charge in [0.25, 0.3) is 0 Å². The van der Waals surface area contributed by atoms with Gasteiger partial charge < -0.3 is 15.2 Å². The van der Waals surface area contributed by atoms with Crippen molar-refractivity contribution in [1.29, 1.82) is 0 Å². The summed E-state index contributed by atoms with van der Waals surface area (Å²) in [5.41, 5.74) is 6.94. The van der Waals surface area contributed by atoms with E-state index >= 15 is 0 Å². The molecule has 0 heterocycles. The van der Waals surface area contributed by atoms with Crippen molar-refractivity contribution in [3.8, 4) is 11.5 Å². The Bertz CT molecular complexity index is 635. The van der Waals surface area contributed by atoms with Crippen LogP contribution in [-0.4, -0.2) is 13.3 Å². The summed E-state index contributed by atoms with van der Waals surface area (Å²) in [4.78, 5) is 0. The lowest BCUT2D eigenvalue weighted by Gasteiger charge is -2.17. The number of nitrogens with two attached hydrogens (primary N) is 1. The number of benzene rings is 2. The molecule has 0 spiro atoms. The van der Waals surface area contributed by atoms with E-state index in [1.54, 1.807) is 6.07 Å². The molecule has 2 aromatic rings. The van der Waals surface area contributed by atoms with Crippen molar-refractivity contribution in [2.45, 2.75) is 25.2 Å². The van der Waals surface area contributed by atoms with Crippen molar-refractivity contribution >= 4 is 12.4 Å². The van der Waals surface area contributed by atoms with Gasteiger partial charge in [-0.25, -0.2) is 0 Å². The SMILES string of the molecule is COc1cc([C@H](N)CC(F)(F)F)ccc1OCc1ccccc1.Cl. The van der Waals surface area contributed by atoms with Crippen molar-refractivity contribution in [3.05, 3.63) is 59.7 Å². The molecule has 24 heavy (non-hydrogen) atoms. The predicted molar refractivity (Wildman–Crippen MR) is 88.6 cm³/mol. The van der Waals surface area contributed by atoms with Crippen LogP contribution in [-0.2, 0) is 6.61 Å². The molecule has 2 aromatic carbocycles. The van der Waals surface area contributed by atoms with E-state index in [0.717, 1.165) is 5.56 Å². The van der Waals surface area contributed by atoms with Gasteiger partial charge in [-0.15, -0.1) is 12.4 Å². The van der Waals surface area contributed by atoms with E-state index < -0.39 is 18.6 Å². The number of hydrogen-bond acceptors (Lipinski definition) is 3. The predicted octanol–water partition coefficient (Wildman–Crippen LogP) is 4.65. The molecule has 7 heteroatoms. The van der Waals surface area contributed by atoms with Crippen LogP contribution in [0.1, 0.15) is 23.6 Å². The summed E-state index contributed by atoms with van der Waals surface area (Å²) in [5, 5.41) is 0. The Morgan fingerprint density at radius 1 is 1.04 bits per heavy atom. The zero-order chi connectivity index (χ0) is 16.9. The molecular weight excluding hydrogens is 343 g/mol. The Labute approximate surface area is 145 Å². The maximum atomic E-state index is 12.4. The maximum absolute atomic E-state index is 12.4. The van der Waals surface area contributed by atoms with E-state index in [1.165, 1.54) is 19.2 Å². The van der Waals surface area contributed by atoms with E-state index in [2.05, 4.69) is 0 Å². The van der Waals surface area contributed by atoms with Crippen LogP contribution >= 0.6 is 12.4 Å². The molecule has 0 saturated heterocycles. The standard InChI is InChI=1S/C17H18F3NO2.ClH/c1-22-16-9-13(14(21)10-17(18,19)20)7-8-15(16)23-11-12-5-3-2-4-6-12;/h2-9,14H,10-11,21H2,1H3;1H/t14-;/m1./s1. The summed E-state index contributed by atoms with van der Waals surface area (Å²) < 4.78 is 48.1. The highest BCUT2D eigenvalue weighted by Crippen LogP contribution is 2.34. The van der Waals surface area contributed by atoms with Crippen molar-refractivity contribution in [2.24, 2.45) is 5.73 Å². The highest BCUT2D eigenvalue weighted by Gasteiger charge is 2.31. The number of alkyl halides is 3. The van der Waals surface area contributed by atoms with E-state index in [0.29, 0.717) is 23.7 Å². The van der Waals surface area contributed by atoms with Crippen molar-refractivity contribution in [2.75, 3.05) is 7.11 Å². The highest BCUT2D eigenvalue weighted by atomic mass is 35.5. The average Bonchev–Trinajstić information content (AvgIpc) is 2.52. The van der Waals surface area contributed by atoms with Gasteiger partial charge in [0.1, 0.15) is 6.61 Å². The number of hydrogen-bond donors (Lipinski definition) is 1. The molecule has 0 fully saturated rings. The first-order valence-electron chi connectivity index (χ1n) is 7.06. The third-order valence-corrected chi connectivity index (χ3v) is 3.30. The van der Waals surface area contributed by atoms with Gasteiger partial charge in [0, 0.05) is 6.04 Å². The molecule has 0 radical (unpaired) electrons. The van der Waals surface area contributed by atoms with Crippen LogP contribution in [0.3, 0.4) is 0 Å². The molecule has 0 amide bonds. The van der Waals surface area contributed by atoms with Gasteiger partial charge in [-0.3, -0.25) is 0 Å². The minimum atomic E-state index is -4.31. The highest BCUT2D eigenvalue weighted by molar-refractivity contribution is 5.85. The smallest absolute Gasteiger partial charge is 0.390 e. The second kappa shape index (κ2) is 8.80. The molecule has 0 aliphatic carbocycles. The first-order valence-corrected chi connectivity index (χ1v) is 7.06. The first kappa shape index (κ1) is 20.1. The summed E-state index contributed by atoms with van der Waals surface area (Å²) in [6, 6.07) is 13.0. The summed E-state index contributed by atoms with van der Waals surface area (Å²) in [5.74, 6) is 0.815. The molecule has 3 nitrogen and oxygen atoms in total. The maximum Gasteiger partial charge on any atom is 0.390 e. The quantitative estimate of drug-likeness (QED) is 0.814. The van der Waals surface area contributed by atoms with Gasteiger partial charge in [0.15, 0.2) is 11.5 Å². The van der Waals surface area contributed by atoms with Gasteiger partial charge in [0.2, 0.25) is 0 Å². The van der Waals surface area contributed by atoms with Gasteiger partial charge in [-0.05, 0) is 23.3 Å². The second-order valence-electron chi connectivity index (χ2n) is 5.11. The fraction of sp³-hybridized carbons (Fsp3) is 0.294. The van der Waals surface area contributed by atoms with Crippen molar-refractivity contribution < 1.29 is 22.6 Å². The summed E-state index contributed by atoms with van der Waals surface area (Å²) in [6.45, 7) is 0.338. The number of halogens is 4. The van der Waals surface area contributed by atoms with Crippen LogP contribution in [0.15, 0.2) is 48.5 Å². The molecule has 0 aromatic heterocycles. The Morgan fingerprint density at radius 3 is 2.29 bits per heavy atom. The van der Waals surface area contributed by atoms with Gasteiger partial charge in [-0.1, -0.05) is 36.4 Å². The van der Waals surface area contributed by atoms with Gasteiger partial charge in [-0.2, -0.15) is 13.2 Å². The Kier molecular flexibility index (Phi) is 7.38. The second-order valence-corrected chi connectivity index (χ2v) is 5.11. The lowest BCUT2D eigenvalue weighted by atomic mass is 10.0. The van der Waals surface area contributed by atoms with Crippen LogP contribution in [0.4, 0.5) is 13.2 Å². The molecule has 0 aliphatic heterocycles. The van der Waals surface area contributed by atoms with Gasteiger partial charge >= 0.3 is 6.18 Å². The fourth-order valence-electron chi connectivity index (χ4n) is 2.14. The van der Waals surface area contributed by atoms with E-state index in [1.807, 2.05) is 30.3 Å². The molecule has 0 aliphatic rings. The van der Waals surface area contributed by atoms with Gasteiger partial charge in [0.05, 0.1) is 13.5 Å². The van der Waals surface area contributed by atoms with Crippen LogP contribution in [0.25, 0.3) is 0 Å². The number of rotatable bonds is 6. The largest absolute Gasteiger partial charge is 0.493 e. The van der Waals surface area contributed by atoms with Crippen LogP contribution in [0.2, 0.25) is 0 Å². The zero-order valence-corrected chi connectivity index (χ0v) is 13.9. The van der Waals surface area contributed by atoms with Crippen molar-refractivity contribution in [3.63, 3.8) is 0 Å². The summed E-state index contributed by atoms with van der Waals surface area (Å²) >= 11 is 0. The molecule has 2 N–H and O–H groups in total. The van der Waals surface area contributed by atoms with E-state index in [-0.39, 0.29) is 12.4 Å². The third-order valence-electron chi connectivity index (χ3n) is 3.30. The monoisotopic (exact) mass is 361 g/mol. The first-order chi connectivity index (χ1) is 10.9. The molecular formula is C17H19ClF3NO2. The molecule has 0 bridgehead atoms. The van der Waals surface area contributed by atoms with Crippen LogP contribution in [0.5, 0.6) is 11.5 Å². The number of methoxy groups -OCH3 is 1. The minimum Gasteiger partial charge on any atom is -0.493 e. The molecule has 0 saturated carbocycles. The molecule has 1 atom stereocenters. The fourth-order valence-corrected chi connectivity index (χ4v) is 2.14. The van der Waals surface area contributed by atoms with E-state index in [4.69, 9.17) is 15.2 Å². The van der Waals surface area contributed by atoms with Crippen molar-refractivity contribution in [1.82, 2.24) is 0 Å². The number of ether oxygens (including phenoxy) is 2. The lowest BCUT2D eigenvalue weighted by molar-refractivity contribution is -0.138. The third kappa shape index (κ3) is 5.94. The molecule has 132 valence electrons. The van der Waals surface area contributed by atoms with Crippen LogP contribution < -0.4 is 15.2 Å². The topological polar surface area (TPSA) is 44.5 Å². The summed E-state index contributed by atoms with van der Waals surface area (Å²) in [6.07, 6.45) is -5.39.